The van der Waals surface area contributed by atoms with Crippen LogP contribution in [0.1, 0.15) is 0 Å². The molecule has 0 unspecified atom stereocenters. The van der Waals surface area contributed by atoms with Crippen LogP contribution in [0.5, 0.6) is 0 Å². The van der Waals surface area contributed by atoms with E-state index in [0.717, 1.165) is 10.9 Å². The highest BCUT2D eigenvalue weighted by molar-refractivity contribution is 5.76. The molecular weight excluding hydrogens is 162 g/mol. The second-order valence-corrected chi connectivity index (χ2v) is 2.60. The van der Waals surface area contributed by atoms with Gasteiger partial charge in [-0.3, -0.25) is 0 Å². The standard InChI is InChI=1S/C10H9N3/c1-2-7-10-9(5-1)6-3-4-8-11-13-12-10/h1-8,13H. The van der Waals surface area contributed by atoms with Gasteiger partial charge in [-0.05, 0) is 12.1 Å². The zero-order valence-electron chi connectivity index (χ0n) is 7.01. The Morgan fingerprint density at radius 3 is 2.62 bits per heavy atom. The fourth-order valence-electron chi connectivity index (χ4n) is 1.10. The fraction of sp³-hybridized carbons (Fsp3) is 0. The second-order valence-electron chi connectivity index (χ2n) is 2.60. The van der Waals surface area contributed by atoms with Crippen LogP contribution in [0, 0.1) is 0 Å². The van der Waals surface area contributed by atoms with Gasteiger partial charge in [0.1, 0.15) is 0 Å². The van der Waals surface area contributed by atoms with Crippen molar-refractivity contribution in [3.8, 4) is 0 Å². The van der Waals surface area contributed by atoms with E-state index in [9.17, 15) is 0 Å². The van der Waals surface area contributed by atoms with E-state index in [-0.39, 0.29) is 0 Å². The number of fused-ring (bicyclic) bond motifs is 1. The van der Waals surface area contributed by atoms with E-state index >= 15 is 0 Å². The van der Waals surface area contributed by atoms with Gasteiger partial charge in [0.25, 0.3) is 0 Å². The van der Waals surface area contributed by atoms with Crippen LogP contribution in [-0.2, 0) is 0 Å². The summed E-state index contributed by atoms with van der Waals surface area (Å²) in [5, 5.41) is 11.6. The van der Waals surface area contributed by atoms with Crippen LogP contribution in [0.25, 0.3) is 10.9 Å². The maximum absolute atomic E-state index is 4.09. The van der Waals surface area contributed by atoms with Gasteiger partial charge in [-0.15, -0.1) is 0 Å². The first kappa shape index (κ1) is 7.73. The molecule has 0 bridgehead atoms. The summed E-state index contributed by atoms with van der Waals surface area (Å²) in [6.07, 6.45) is 1.66. The second kappa shape index (κ2) is 3.67. The molecule has 3 nitrogen and oxygen atoms in total. The predicted molar refractivity (Wildman–Crippen MR) is 51.5 cm³/mol. The van der Waals surface area contributed by atoms with Crippen molar-refractivity contribution >= 4 is 10.9 Å². The van der Waals surface area contributed by atoms with Gasteiger partial charge in [0.2, 0.25) is 0 Å². The van der Waals surface area contributed by atoms with E-state index in [1.165, 1.54) is 0 Å². The molecule has 1 aromatic carbocycles. The highest BCUT2D eigenvalue weighted by Gasteiger charge is 1.85. The fourth-order valence-corrected chi connectivity index (χ4v) is 1.10. The molecule has 1 aromatic heterocycles. The number of para-hydroxylation sites is 1. The third kappa shape index (κ3) is 1.82. The van der Waals surface area contributed by atoms with E-state index in [0.29, 0.717) is 0 Å². The summed E-state index contributed by atoms with van der Waals surface area (Å²) in [4.78, 5) is 0. The number of hydrogen-bond acceptors (Lipinski definition) is 2. The Hall–Kier alpha value is -1.90. The first-order valence-electron chi connectivity index (χ1n) is 4.05. The highest BCUT2D eigenvalue weighted by Crippen LogP contribution is 2.05. The first-order valence-corrected chi connectivity index (χ1v) is 4.05. The Morgan fingerprint density at radius 2 is 1.69 bits per heavy atom. The molecule has 1 N–H and O–H groups in total. The third-order valence-corrected chi connectivity index (χ3v) is 1.71. The van der Waals surface area contributed by atoms with Gasteiger partial charge in [0.15, 0.2) is 0 Å². The minimum absolute atomic E-state index is 0.895. The molecule has 0 fully saturated rings. The Balaban J connectivity index is 2.82. The summed E-state index contributed by atoms with van der Waals surface area (Å²) < 4.78 is 0. The van der Waals surface area contributed by atoms with Crippen molar-refractivity contribution in [3.05, 3.63) is 48.7 Å². The molecule has 2 rings (SSSR count). The largest absolute Gasteiger partial charge is 0.198 e. The SMILES string of the molecule is c1ccc2ccccc2n[nH]nc1. The average molecular weight is 171 g/mol. The monoisotopic (exact) mass is 171 g/mol. The lowest BCUT2D eigenvalue weighted by atomic mass is 10.2. The number of nitrogens with one attached hydrogen (secondary N) is 1. The number of aromatic amines is 1. The average Bonchev–Trinajstić information content (AvgIpc) is 2.28. The molecule has 0 aliphatic heterocycles. The normalized spacial score (nSPS) is 9.54. The molecule has 0 saturated carbocycles. The van der Waals surface area contributed by atoms with Gasteiger partial charge < -0.3 is 0 Å². The number of benzene rings is 1. The first-order chi connectivity index (χ1) is 6.47. The summed E-state index contributed by atoms with van der Waals surface area (Å²) >= 11 is 0. The van der Waals surface area contributed by atoms with Gasteiger partial charge in [0.05, 0.1) is 5.52 Å². The van der Waals surface area contributed by atoms with Crippen molar-refractivity contribution in [2.45, 2.75) is 0 Å². The molecule has 64 valence electrons. The van der Waals surface area contributed by atoms with Crippen LogP contribution < -0.4 is 0 Å². The molecule has 0 atom stereocenters. The van der Waals surface area contributed by atoms with Crippen LogP contribution in [0.3, 0.4) is 0 Å². The Bertz CT molecular complexity index is 406. The van der Waals surface area contributed by atoms with E-state index in [2.05, 4.69) is 15.4 Å². The Morgan fingerprint density at radius 1 is 0.923 bits per heavy atom. The van der Waals surface area contributed by atoms with E-state index < -0.39 is 0 Å². The maximum atomic E-state index is 4.09. The molecule has 2 aromatic rings. The van der Waals surface area contributed by atoms with Crippen molar-refractivity contribution < 1.29 is 0 Å². The van der Waals surface area contributed by atoms with Gasteiger partial charge >= 0.3 is 0 Å². The van der Waals surface area contributed by atoms with E-state index in [4.69, 9.17) is 0 Å². The lowest BCUT2D eigenvalue weighted by Gasteiger charge is -1.87. The summed E-state index contributed by atoms with van der Waals surface area (Å²) in [6, 6.07) is 13.7. The molecule has 13 heavy (non-hydrogen) atoms. The predicted octanol–water partition coefficient (Wildman–Crippen LogP) is 2.08. The van der Waals surface area contributed by atoms with Gasteiger partial charge in [-0.1, -0.05) is 30.3 Å². The molecule has 1 heterocycles. The minimum Gasteiger partial charge on any atom is -0.198 e. The number of hydrogen-bond donors (Lipinski definition) is 1. The quantitative estimate of drug-likeness (QED) is 0.659. The van der Waals surface area contributed by atoms with Gasteiger partial charge in [0, 0.05) is 11.6 Å². The molecule has 0 amide bonds. The van der Waals surface area contributed by atoms with Crippen molar-refractivity contribution in [2.24, 2.45) is 0 Å². The summed E-state index contributed by atoms with van der Waals surface area (Å²) in [7, 11) is 0. The summed E-state index contributed by atoms with van der Waals surface area (Å²) in [5.74, 6) is 0. The molecule has 3 heteroatoms. The van der Waals surface area contributed by atoms with Crippen LogP contribution in [-0.4, -0.2) is 15.4 Å². The van der Waals surface area contributed by atoms with Gasteiger partial charge in [-0.2, -0.15) is 15.4 Å². The number of rotatable bonds is 0. The third-order valence-electron chi connectivity index (χ3n) is 1.71. The Kier molecular flexibility index (Phi) is 2.18. The maximum Gasteiger partial charge on any atom is 0.0922 e. The molecule has 0 aliphatic rings. The van der Waals surface area contributed by atoms with Crippen molar-refractivity contribution in [3.63, 3.8) is 0 Å². The zero-order chi connectivity index (χ0) is 8.93. The molecule has 0 spiro atoms. The van der Waals surface area contributed by atoms with Crippen LogP contribution in [0.15, 0.2) is 48.7 Å². The van der Waals surface area contributed by atoms with E-state index in [1.54, 1.807) is 6.20 Å². The lowest BCUT2D eigenvalue weighted by Crippen LogP contribution is -1.78. The van der Waals surface area contributed by atoms with Crippen LogP contribution in [0.4, 0.5) is 0 Å². The molecule has 0 radical (unpaired) electrons. The molecular formula is C10H9N3. The lowest BCUT2D eigenvalue weighted by molar-refractivity contribution is 0.904. The number of nitrogens with zero attached hydrogens (tertiary/aromatic N) is 2. The molecule has 0 aliphatic carbocycles. The Labute approximate surface area is 75.7 Å². The van der Waals surface area contributed by atoms with Crippen molar-refractivity contribution in [1.82, 2.24) is 15.4 Å². The van der Waals surface area contributed by atoms with E-state index in [1.807, 2.05) is 42.5 Å². The van der Waals surface area contributed by atoms with Crippen molar-refractivity contribution in [2.75, 3.05) is 0 Å². The smallest absolute Gasteiger partial charge is 0.0922 e. The van der Waals surface area contributed by atoms with Crippen molar-refractivity contribution in [1.29, 1.82) is 0 Å². The molecule has 0 saturated heterocycles. The number of aromatic nitrogens is 3. The van der Waals surface area contributed by atoms with Crippen LogP contribution in [0.2, 0.25) is 0 Å². The van der Waals surface area contributed by atoms with Crippen LogP contribution >= 0.6 is 0 Å². The zero-order valence-corrected chi connectivity index (χ0v) is 7.01. The van der Waals surface area contributed by atoms with Gasteiger partial charge in [-0.25, -0.2) is 0 Å². The number of H-pyrrole nitrogens is 1. The summed E-state index contributed by atoms with van der Waals surface area (Å²) in [5.41, 5.74) is 0.895. The topological polar surface area (TPSA) is 41.6 Å². The minimum atomic E-state index is 0.895. The summed E-state index contributed by atoms with van der Waals surface area (Å²) in [6.45, 7) is 0. The highest BCUT2D eigenvalue weighted by atomic mass is 15.3.